The molecule has 1 aliphatic rings. The van der Waals surface area contributed by atoms with Gasteiger partial charge in [0.05, 0.1) is 11.2 Å². The van der Waals surface area contributed by atoms with Crippen LogP contribution < -0.4 is 0 Å². The predicted octanol–water partition coefficient (Wildman–Crippen LogP) is 2.31. The van der Waals surface area contributed by atoms with Crippen LogP contribution in [0.4, 0.5) is 4.39 Å². The van der Waals surface area contributed by atoms with E-state index >= 15 is 0 Å². The molecule has 0 aliphatic carbocycles. The van der Waals surface area contributed by atoms with Crippen molar-refractivity contribution < 1.29 is 9.13 Å². The van der Waals surface area contributed by atoms with Gasteiger partial charge in [-0.05, 0) is 25.5 Å². The summed E-state index contributed by atoms with van der Waals surface area (Å²) in [6.07, 6.45) is 0. The van der Waals surface area contributed by atoms with Gasteiger partial charge >= 0.3 is 0 Å². The van der Waals surface area contributed by atoms with Gasteiger partial charge < -0.3 is 4.74 Å². The van der Waals surface area contributed by atoms with E-state index in [1.165, 1.54) is 6.07 Å². The Hall–Kier alpha value is -1.44. The number of halogens is 1. The van der Waals surface area contributed by atoms with E-state index in [1.807, 2.05) is 13.0 Å². The normalized spacial score (nSPS) is 18.1. The van der Waals surface area contributed by atoms with E-state index in [0.717, 1.165) is 18.7 Å². The van der Waals surface area contributed by atoms with E-state index < -0.39 is 5.82 Å². The molecule has 1 saturated heterocycles. The van der Waals surface area contributed by atoms with Crippen molar-refractivity contribution in [3.63, 3.8) is 0 Å². The van der Waals surface area contributed by atoms with Crippen LogP contribution in [0.1, 0.15) is 25.0 Å². The molecule has 0 unspecified atom stereocenters. The third-order valence-corrected chi connectivity index (χ3v) is 3.21. The highest BCUT2D eigenvalue weighted by Gasteiger charge is 2.39. The molecule has 1 fully saturated rings. The summed E-state index contributed by atoms with van der Waals surface area (Å²) in [4.78, 5) is 2.16. The largest absolute Gasteiger partial charge is 0.373 e. The van der Waals surface area contributed by atoms with Crippen molar-refractivity contribution in [3.05, 3.63) is 35.1 Å². The standard InChI is InChI=1S/C14H17FN2O/c1-3-18-14(2)9-17(10-14)8-11-5-4-6-13(15)12(11)7-16/h4-6H,3,8-10H2,1-2H3. The molecule has 1 aliphatic heterocycles. The lowest BCUT2D eigenvalue weighted by atomic mass is 9.95. The number of ether oxygens (including phenoxy) is 1. The summed E-state index contributed by atoms with van der Waals surface area (Å²) in [7, 11) is 0. The predicted molar refractivity (Wildman–Crippen MR) is 66.4 cm³/mol. The molecule has 2 rings (SSSR count). The number of rotatable bonds is 4. The zero-order valence-electron chi connectivity index (χ0n) is 10.7. The maximum atomic E-state index is 13.4. The monoisotopic (exact) mass is 248 g/mol. The van der Waals surface area contributed by atoms with E-state index in [2.05, 4.69) is 11.8 Å². The summed E-state index contributed by atoms with van der Waals surface area (Å²) in [6.45, 7) is 7.00. The van der Waals surface area contributed by atoms with Gasteiger partial charge in [0.15, 0.2) is 0 Å². The highest BCUT2D eigenvalue weighted by Crippen LogP contribution is 2.27. The number of likely N-dealkylation sites (tertiary alicyclic amines) is 1. The number of benzene rings is 1. The van der Waals surface area contributed by atoms with E-state index in [1.54, 1.807) is 12.1 Å². The maximum Gasteiger partial charge on any atom is 0.141 e. The highest BCUT2D eigenvalue weighted by molar-refractivity contribution is 5.38. The molecule has 1 aromatic carbocycles. The Morgan fingerprint density at radius 3 is 2.83 bits per heavy atom. The Bertz CT molecular complexity index is 475. The third kappa shape index (κ3) is 2.53. The minimum atomic E-state index is -0.442. The van der Waals surface area contributed by atoms with Crippen LogP contribution in [-0.4, -0.2) is 30.2 Å². The lowest BCUT2D eigenvalue weighted by Gasteiger charge is -2.47. The van der Waals surface area contributed by atoms with E-state index in [0.29, 0.717) is 13.2 Å². The first-order valence-corrected chi connectivity index (χ1v) is 6.12. The van der Waals surface area contributed by atoms with Crippen molar-refractivity contribution in [2.45, 2.75) is 26.0 Å². The Labute approximate surface area is 107 Å². The van der Waals surface area contributed by atoms with E-state index in [-0.39, 0.29) is 11.2 Å². The SMILES string of the molecule is CCOC1(C)CN(Cc2cccc(F)c2C#N)C1. The minimum Gasteiger partial charge on any atom is -0.373 e. The van der Waals surface area contributed by atoms with Gasteiger partial charge in [-0.3, -0.25) is 4.90 Å². The first kappa shape index (κ1) is 13.0. The molecule has 4 heteroatoms. The Morgan fingerprint density at radius 1 is 1.50 bits per heavy atom. The van der Waals surface area contributed by atoms with Crippen LogP contribution in [0.25, 0.3) is 0 Å². The summed E-state index contributed by atoms with van der Waals surface area (Å²) >= 11 is 0. The van der Waals surface area contributed by atoms with Gasteiger partial charge in [0, 0.05) is 26.2 Å². The molecule has 3 nitrogen and oxygen atoms in total. The van der Waals surface area contributed by atoms with Crippen molar-refractivity contribution >= 4 is 0 Å². The molecule has 0 bridgehead atoms. The average Bonchev–Trinajstić information content (AvgIpc) is 2.27. The Morgan fingerprint density at radius 2 is 2.22 bits per heavy atom. The van der Waals surface area contributed by atoms with Crippen LogP contribution in [0.15, 0.2) is 18.2 Å². The lowest BCUT2D eigenvalue weighted by Crippen LogP contribution is -2.60. The van der Waals surface area contributed by atoms with Crippen molar-refractivity contribution in [2.75, 3.05) is 19.7 Å². The van der Waals surface area contributed by atoms with Crippen molar-refractivity contribution in [1.29, 1.82) is 5.26 Å². The molecule has 0 spiro atoms. The quantitative estimate of drug-likeness (QED) is 0.820. The molecule has 0 N–H and O–H groups in total. The molecule has 1 heterocycles. The average molecular weight is 248 g/mol. The first-order chi connectivity index (χ1) is 8.58. The zero-order chi connectivity index (χ0) is 13.2. The fourth-order valence-corrected chi connectivity index (χ4v) is 2.52. The van der Waals surface area contributed by atoms with Gasteiger partial charge in [-0.2, -0.15) is 5.26 Å². The molecule has 1 aromatic rings. The second kappa shape index (κ2) is 5.05. The van der Waals surface area contributed by atoms with Crippen molar-refractivity contribution in [2.24, 2.45) is 0 Å². The molecule has 0 aromatic heterocycles. The van der Waals surface area contributed by atoms with Crippen LogP contribution in [0.2, 0.25) is 0 Å². The van der Waals surface area contributed by atoms with Crippen LogP contribution in [0.3, 0.4) is 0 Å². The van der Waals surface area contributed by atoms with Gasteiger partial charge in [0.2, 0.25) is 0 Å². The Balaban J connectivity index is 2.01. The van der Waals surface area contributed by atoms with Gasteiger partial charge in [-0.1, -0.05) is 12.1 Å². The summed E-state index contributed by atoms with van der Waals surface area (Å²) < 4.78 is 19.1. The lowest BCUT2D eigenvalue weighted by molar-refractivity contribution is -0.131. The molecule has 0 atom stereocenters. The summed E-state index contributed by atoms with van der Waals surface area (Å²) in [6, 6.07) is 6.70. The van der Waals surface area contributed by atoms with E-state index in [9.17, 15) is 4.39 Å². The number of hydrogen-bond donors (Lipinski definition) is 0. The molecule has 0 saturated carbocycles. The minimum absolute atomic E-state index is 0.0884. The van der Waals surface area contributed by atoms with Crippen LogP contribution >= 0.6 is 0 Å². The van der Waals surface area contributed by atoms with E-state index in [4.69, 9.17) is 10.00 Å². The van der Waals surface area contributed by atoms with Crippen LogP contribution in [-0.2, 0) is 11.3 Å². The first-order valence-electron chi connectivity index (χ1n) is 6.12. The summed E-state index contributed by atoms with van der Waals surface area (Å²) in [5.41, 5.74) is 0.813. The number of nitriles is 1. The molecule has 18 heavy (non-hydrogen) atoms. The smallest absolute Gasteiger partial charge is 0.141 e. The molecule has 0 radical (unpaired) electrons. The fraction of sp³-hybridized carbons (Fsp3) is 0.500. The molecular weight excluding hydrogens is 231 g/mol. The summed E-state index contributed by atoms with van der Waals surface area (Å²) in [5, 5.41) is 8.96. The Kier molecular flexibility index (Phi) is 3.65. The van der Waals surface area contributed by atoms with Crippen molar-refractivity contribution in [3.8, 4) is 6.07 Å². The van der Waals surface area contributed by atoms with Gasteiger partial charge in [0.25, 0.3) is 0 Å². The topological polar surface area (TPSA) is 36.3 Å². The number of hydrogen-bond acceptors (Lipinski definition) is 3. The fourth-order valence-electron chi connectivity index (χ4n) is 2.52. The second-order valence-electron chi connectivity index (χ2n) is 4.91. The van der Waals surface area contributed by atoms with Crippen molar-refractivity contribution in [1.82, 2.24) is 4.90 Å². The van der Waals surface area contributed by atoms with Gasteiger partial charge in [-0.25, -0.2) is 4.39 Å². The number of nitrogens with zero attached hydrogens (tertiary/aromatic N) is 2. The molecule has 0 amide bonds. The maximum absolute atomic E-state index is 13.4. The van der Waals surface area contributed by atoms with Crippen LogP contribution in [0.5, 0.6) is 0 Å². The molecule has 96 valence electrons. The third-order valence-electron chi connectivity index (χ3n) is 3.21. The summed E-state index contributed by atoms with van der Waals surface area (Å²) in [5.74, 6) is -0.442. The highest BCUT2D eigenvalue weighted by atomic mass is 19.1. The van der Waals surface area contributed by atoms with Crippen LogP contribution in [0, 0.1) is 17.1 Å². The molecular formula is C14H17FN2O. The van der Waals surface area contributed by atoms with Gasteiger partial charge in [0.1, 0.15) is 11.9 Å². The second-order valence-corrected chi connectivity index (χ2v) is 4.91. The van der Waals surface area contributed by atoms with Gasteiger partial charge in [-0.15, -0.1) is 0 Å². The zero-order valence-corrected chi connectivity index (χ0v) is 10.7.